The van der Waals surface area contributed by atoms with E-state index in [-0.39, 0.29) is 32.9 Å². The van der Waals surface area contributed by atoms with E-state index < -0.39 is 11.7 Å². The lowest BCUT2D eigenvalue weighted by molar-refractivity contribution is -0.112. The number of fused-ring (bicyclic) bond motifs is 1. The molecule has 0 aliphatic carbocycles. The quantitative estimate of drug-likeness (QED) is 0.300. The fourth-order valence-electron chi connectivity index (χ4n) is 3.29. The first kappa shape index (κ1) is 20.9. The summed E-state index contributed by atoms with van der Waals surface area (Å²) in [6.45, 7) is 0.340. The number of phenolic OH excluding ortho intramolecular Hbond substituents is 1. The predicted octanol–water partition coefficient (Wildman–Crippen LogP) is 5.66. The second-order valence-corrected chi connectivity index (χ2v) is 7.69. The van der Waals surface area contributed by atoms with Crippen LogP contribution in [0.5, 0.6) is 5.75 Å². The van der Waals surface area contributed by atoms with E-state index in [0.29, 0.717) is 17.4 Å². The van der Waals surface area contributed by atoms with E-state index >= 15 is 0 Å². The minimum atomic E-state index is -0.917. The lowest BCUT2D eigenvalue weighted by Gasteiger charge is -2.08. The number of carbonyl (C=O) groups excluding carboxylic acids is 2. The summed E-state index contributed by atoms with van der Waals surface area (Å²) in [5, 5.41) is 13.2. The van der Waals surface area contributed by atoms with Crippen LogP contribution in [-0.2, 0) is 11.3 Å². The van der Waals surface area contributed by atoms with Crippen LogP contribution >= 0.6 is 23.2 Å². The van der Waals surface area contributed by atoms with Gasteiger partial charge in [0.05, 0.1) is 21.3 Å². The van der Waals surface area contributed by atoms with Crippen LogP contribution in [0.3, 0.4) is 0 Å². The van der Waals surface area contributed by atoms with Gasteiger partial charge in [0.25, 0.3) is 11.7 Å². The molecule has 3 aromatic carbocycles. The molecule has 4 aromatic rings. The largest absolute Gasteiger partial charge is 0.508 e. The van der Waals surface area contributed by atoms with E-state index in [1.54, 1.807) is 41.0 Å². The van der Waals surface area contributed by atoms with E-state index in [1.165, 1.54) is 30.5 Å². The van der Waals surface area contributed by atoms with Crippen molar-refractivity contribution in [3.05, 3.63) is 93.8 Å². The molecule has 0 saturated heterocycles. The molecular formula is C23H15Cl2FN2O3. The molecule has 31 heavy (non-hydrogen) atoms. The maximum atomic E-state index is 13.2. The van der Waals surface area contributed by atoms with Crippen molar-refractivity contribution >= 4 is 51.5 Å². The number of hydrogen-bond acceptors (Lipinski definition) is 3. The van der Waals surface area contributed by atoms with Crippen LogP contribution in [0.2, 0.25) is 10.0 Å². The Morgan fingerprint density at radius 2 is 1.68 bits per heavy atom. The van der Waals surface area contributed by atoms with Crippen molar-refractivity contribution in [2.75, 3.05) is 5.32 Å². The number of amides is 1. The Labute approximate surface area is 186 Å². The number of para-hydroxylation sites is 1. The van der Waals surface area contributed by atoms with Crippen molar-refractivity contribution < 1.29 is 19.1 Å². The Balaban J connectivity index is 1.71. The predicted molar refractivity (Wildman–Crippen MR) is 119 cm³/mol. The van der Waals surface area contributed by atoms with Gasteiger partial charge in [0, 0.05) is 23.6 Å². The van der Waals surface area contributed by atoms with Gasteiger partial charge in [-0.05, 0) is 48.0 Å². The van der Waals surface area contributed by atoms with E-state index in [4.69, 9.17) is 23.2 Å². The standard InChI is InChI=1S/C23H15Cl2FN2O3/c24-18-2-1-3-19(25)21(18)27-23(31)22(30)17-12-28(11-13-4-6-14(26)7-5-13)20-9-8-15(29)10-16(17)20/h1-10,12,29H,11H2,(H,27,31). The molecule has 1 amide bonds. The minimum Gasteiger partial charge on any atom is -0.508 e. The highest BCUT2D eigenvalue weighted by Gasteiger charge is 2.23. The van der Waals surface area contributed by atoms with E-state index in [0.717, 1.165) is 5.56 Å². The van der Waals surface area contributed by atoms with Crippen molar-refractivity contribution in [2.45, 2.75) is 6.54 Å². The van der Waals surface area contributed by atoms with Crippen molar-refractivity contribution in [2.24, 2.45) is 0 Å². The van der Waals surface area contributed by atoms with Crippen LogP contribution in [0, 0.1) is 5.82 Å². The smallest absolute Gasteiger partial charge is 0.296 e. The number of anilines is 1. The maximum Gasteiger partial charge on any atom is 0.296 e. The summed E-state index contributed by atoms with van der Waals surface area (Å²) in [7, 11) is 0. The lowest BCUT2D eigenvalue weighted by atomic mass is 10.1. The normalized spacial score (nSPS) is 10.9. The van der Waals surface area contributed by atoms with Crippen LogP contribution in [-0.4, -0.2) is 21.4 Å². The van der Waals surface area contributed by atoms with Crippen LogP contribution in [0.15, 0.2) is 66.9 Å². The topological polar surface area (TPSA) is 71.3 Å². The molecule has 0 bridgehead atoms. The van der Waals surface area contributed by atoms with Gasteiger partial charge in [-0.15, -0.1) is 0 Å². The number of benzene rings is 3. The third-order valence-electron chi connectivity index (χ3n) is 4.78. The first-order valence-corrected chi connectivity index (χ1v) is 9.95. The Morgan fingerprint density at radius 3 is 2.35 bits per heavy atom. The summed E-state index contributed by atoms with van der Waals surface area (Å²) < 4.78 is 15.0. The van der Waals surface area contributed by atoms with Gasteiger partial charge in [-0.1, -0.05) is 41.4 Å². The van der Waals surface area contributed by atoms with Gasteiger partial charge in [-0.3, -0.25) is 9.59 Å². The summed E-state index contributed by atoms with van der Waals surface area (Å²) in [5.74, 6) is -2.13. The molecular weight excluding hydrogens is 442 g/mol. The Hall–Kier alpha value is -3.35. The number of ketones is 1. The monoisotopic (exact) mass is 456 g/mol. The number of nitrogens with one attached hydrogen (secondary N) is 1. The average molecular weight is 457 g/mol. The van der Waals surface area contributed by atoms with E-state index in [2.05, 4.69) is 5.32 Å². The van der Waals surface area contributed by atoms with Gasteiger partial charge in [-0.2, -0.15) is 0 Å². The third kappa shape index (κ3) is 4.26. The minimum absolute atomic E-state index is 0.0457. The SMILES string of the molecule is O=C(Nc1c(Cl)cccc1Cl)C(=O)c1cn(Cc2ccc(F)cc2)c2ccc(O)cc12. The number of aromatic nitrogens is 1. The van der Waals surface area contributed by atoms with Crippen LogP contribution in [0.1, 0.15) is 15.9 Å². The number of Topliss-reactive ketones (excluding diaryl/α,β-unsaturated/α-hetero) is 1. The lowest BCUT2D eigenvalue weighted by Crippen LogP contribution is -2.23. The zero-order valence-electron chi connectivity index (χ0n) is 15.9. The highest BCUT2D eigenvalue weighted by Crippen LogP contribution is 2.31. The van der Waals surface area contributed by atoms with Crippen LogP contribution < -0.4 is 5.32 Å². The number of halogens is 3. The number of nitrogens with zero attached hydrogens (tertiary/aromatic N) is 1. The van der Waals surface area contributed by atoms with Crippen LogP contribution in [0.4, 0.5) is 10.1 Å². The fraction of sp³-hybridized carbons (Fsp3) is 0.0435. The number of phenols is 1. The fourth-order valence-corrected chi connectivity index (χ4v) is 3.79. The van der Waals surface area contributed by atoms with Gasteiger partial charge in [0.15, 0.2) is 0 Å². The van der Waals surface area contributed by atoms with Crippen molar-refractivity contribution in [3.8, 4) is 5.75 Å². The number of hydrogen-bond donors (Lipinski definition) is 2. The molecule has 4 rings (SSSR count). The zero-order chi connectivity index (χ0) is 22.1. The number of aromatic hydroxyl groups is 1. The molecule has 2 N–H and O–H groups in total. The van der Waals surface area contributed by atoms with Crippen molar-refractivity contribution in [3.63, 3.8) is 0 Å². The molecule has 0 fully saturated rings. The number of carbonyl (C=O) groups is 2. The van der Waals surface area contributed by atoms with Gasteiger partial charge in [0.1, 0.15) is 11.6 Å². The molecule has 1 heterocycles. The highest BCUT2D eigenvalue weighted by molar-refractivity contribution is 6.50. The van der Waals surface area contributed by atoms with Crippen molar-refractivity contribution in [1.82, 2.24) is 4.57 Å². The van der Waals surface area contributed by atoms with E-state index in [9.17, 15) is 19.1 Å². The third-order valence-corrected chi connectivity index (χ3v) is 5.41. The molecule has 0 unspecified atom stereocenters. The molecule has 0 saturated carbocycles. The van der Waals surface area contributed by atoms with Gasteiger partial charge in [-0.25, -0.2) is 4.39 Å². The van der Waals surface area contributed by atoms with Gasteiger partial charge in [0.2, 0.25) is 0 Å². The van der Waals surface area contributed by atoms with Crippen LogP contribution in [0.25, 0.3) is 10.9 Å². The van der Waals surface area contributed by atoms with Gasteiger partial charge >= 0.3 is 0 Å². The van der Waals surface area contributed by atoms with E-state index in [1.807, 2.05) is 0 Å². The zero-order valence-corrected chi connectivity index (χ0v) is 17.4. The summed E-state index contributed by atoms with van der Waals surface area (Å²) in [6.07, 6.45) is 1.53. The van der Waals surface area contributed by atoms with Crippen molar-refractivity contribution in [1.29, 1.82) is 0 Å². The molecule has 0 radical (unpaired) electrons. The molecule has 156 valence electrons. The van der Waals surface area contributed by atoms with Gasteiger partial charge < -0.3 is 15.0 Å². The Morgan fingerprint density at radius 1 is 1.00 bits per heavy atom. The summed E-state index contributed by atoms with van der Waals surface area (Å²) >= 11 is 12.1. The molecule has 0 atom stereocenters. The highest BCUT2D eigenvalue weighted by atomic mass is 35.5. The Bertz CT molecular complexity index is 1300. The summed E-state index contributed by atoms with van der Waals surface area (Å²) in [5.41, 5.74) is 1.68. The molecule has 0 spiro atoms. The first-order valence-electron chi connectivity index (χ1n) is 9.19. The average Bonchev–Trinajstić information content (AvgIpc) is 3.09. The second kappa shape index (κ2) is 8.41. The summed E-state index contributed by atoms with van der Waals surface area (Å²) in [4.78, 5) is 25.6. The summed E-state index contributed by atoms with van der Waals surface area (Å²) in [6, 6.07) is 15.2. The molecule has 0 aliphatic rings. The Kier molecular flexibility index (Phi) is 5.67. The first-order chi connectivity index (χ1) is 14.8. The maximum absolute atomic E-state index is 13.2. The molecule has 8 heteroatoms. The molecule has 0 aliphatic heterocycles. The second-order valence-electron chi connectivity index (χ2n) is 6.88. The molecule has 1 aromatic heterocycles. The molecule has 5 nitrogen and oxygen atoms in total. The number of rotatable bonds is 5.